The molecule has 5 atom stereocenters. The fraction of sp³-hybridized carbons (Fsp3) is 0.465. The van der Waals surface area contributed by atoms with Gasteiger partial charge in [-0.2, -0.15) is 4.31 Å². The Kier molecular flexibility index (Phi) is 11.9. The molecular formula is C43H50FN7O6S2. The Bertz CT molecular complexity index is 2320. The monoisotopic (exact) mass is 843 g/mol. The number of hydrogen-bond donors (Lipinski definition) is 3. The number of rotatable bonds is 14. The number of nitrogens with zero attached hydrogens (tertiary/aromatic N) is 5. The van der Waals surface area contributed by atoms with Gasteiger partial charge in [0.05, 0.1) is 24.7 Å². The number of carbonyl (C=O) groups is 3. The van der Waals surface area contributed by atoms with E-state index in [0.717, 1.165) is 71.8 Å². The maximum atomic E-state index is 15.5. The Morgan fingerprint density at radius 2 is 1.81 bits per heavy atom. The fourth-order valence-corrected chi connectivity index (χ4v) is 11.9. The third-order valence-electron chi connectivity index (χ3n) is 12.3. The molecule has 2 fully saturated rings. The lowest BCUT2D eigenvalue weighted by molar-refractivity contribution is -0.136. The molecule has 3 aromatic carbocycles. The summed E-state index contributed by atoms with van der Waals surface area (Å²) in [5.74, 6) is -0.480. The summed E-state index contributed by atoms with van der Waals surface area (Å²) >= 11 is 1.74. The van der Waals surface area contributed by atoms with Gasteiger partial charge in [-0.3, -0.25) is 19.7 Å². The van der Waals surface area contributed by atoms with Crippen LogP contribution in [0.3, 0.4) is 0 Å². The summed E-state index contributed by atoms with van der Waals surface area (Å²) in [5, 5.41) is 16.0. The molecule has 16 heteroatoms. The number of thioether (sulfide) groups is 1. The second kappa shape index (κ2) is 17.1. The highest BCUT2D eigenvalue weighted by atomic mass is 32.2. The van der Waals surface area contributed by atoms with Crippen LogP contribution in [0.1, 0.15) is 85.8 Å². The predicted molar refractivity (Wildman–Crippen MR) is 228 cm³/mol. The number of sulfonamides is 1. The SMILES string of the molecule is CC1C=NC(S(=O)(=O)N2CC[C@@H]3[C@@H](CO)N(C)c4ccc(-c5cc(NCCCCCCCSc6cccc7c6CN(C6CCC(=O)NC6=O)C7=O)ccc5F)cc4[C@@H]32)=N1. The van der Waals surface area contributed by atoms with Gasteiger partial charge >= 0.3 is 0 Å². The Morgan fingerprint density at radius 3 is 2.59 bits per heavy atom. The van der Waals surface area contributed by atoms with Crippen molar-refractivity contribution in [3.63, 3.8) is 0 Å². The molecule has 5 heterocycles. The average Bonchev–Trinajstić information content (AvgIpc) is 3.96. The third-order valence-corrected chi connectivity index (χ3v) is 15.2. The molecule has 59 heavy (non-hydrogen) atoms. The Morgan fingerprint density at radius 1 is 1.00 bits per heavy atom. The van der Waals surface area contributed by atoms with Crippen LogP contribution in [0.4, 0.5) is 15.8 Å². The first kappa shape index (κ1) is 41.1. The first-order valence-corrected chi connectivity index (χ1v) is 22.9. The number of hydrogen-bond acceptors (Lipinski definition) is 11. The highest BCUT2D eigenvalue weighted by Gasteiger charge is 2.51. The predicted octanol–water partition coefficient (Wildman–Crippen LogP) is 5.74. The van der Waals surface area contributed by atoms with Crippen LogP contribution in [-0.2, 0) is 26.2 Å². The lowest BCUT2D eigenvalue weighted by Crippen LogP contribution is -2.52. The van der Waals surface area contributed by atoms with E-state index in [0.29, 0.717) is 36.1 Å². The molecule has 2 saturated heterocycles. The van der Waals surface area contributed by atoms with Gasteiger partial charge in [-0.25, -0.2) is 22.8 Å². The lowest BCUT2D eigenvalue weighted by atomic mass is 9.81. The van der Waals surface area contributed by atoms with Crippen molar-refractivity contribution in [2.75, 3.05) is 42.7 Å². The molecule has 0 bridgehead atoms. The molecule has 0 saturated carbocycles. The summed E-state index contributed by atoms with van der Waals surface area (Å²) in [7, 11) is -2.09. The summed E-state index contributed by atoms with van der Waals surface area (Å²) in [6.45, 7) is 3.04. The van der Waals surface area contributed by atoms with E-state index in [1.54, 1.807) is 35.7 Å². The van der Waals surface area contributed by atoms with Crippen molar-refractivity contribution in [3.8, 4) is 11.1 Å². The highest BCUT2D eigenvalue weighted by molar-refractivity contribution is 8.04. The molecule has 312 valence electrons. The number of carbonyl (C=O) groups excluding carboxylic acids is 3. The van der Waals surface area contributed by atoms with Gasteiger partial charge in [0.15, 0.2) is 0 Å². The standard InChI is InChI=1S/C43H50FN7O6S2/c1-26-23-46-43(47-26)59(56,57)51-19-17-30-37(25-52)49(2)35-14-11-27(21-32(35)40(30)51)31-22-28(12-13-34(31)44)45-18-6-4-3-5-7-20-58-38-10-8-9-29-33(38)24-50(42(29)55)36-15-16-39(53)48-41(36)54/h8-14,21-23,26,30,36-37,40,45,52H,3-7,15-20,24-25H2,1-2H3,(H,48,53,54)/t26?,30-,36?,37-,40-/m1/s1. The number of imide groups is 1. The average molecular weight is 844 g/mol. The number of fused-ring (bicyclic) bond motifs is 4. The van der Waals surface area contributed by atoms with Crippen LogP contribution in [0.2, 0.25) is 0 Å². The van der Waals surface area contributed by atoms with Gasteiger partial charge in [-0.15, -0.1) is 11.8 Å². The number of amidine groups is 1. The summed E-state index contributed by atoms with van der Waals surface area (Å²) in [6, 6.07) is 14.6. The molecule has 3 aromatic rings. The number of unbranched alkanes of at least 4 members (excludes halogenated alkanes) is 4. The van der Waals surface area contributed by atoms with Gasteiger partial charge < -0.3 is 20.2 Å². The van der Waals surface area contributed by atoms with Crippen LogP contribution in [0, 0.1) is 11.7 Å². The number of nitrogens with one attached hydrogen (secondary N) is 2. The minimum atomic E-state index is -4.00. The van der Waals surface area contributed by atoms with Crippen molar-refractivity contribution >= 4 is 62.3 Å². The van der Waals surface area contributed by atoms with E-state index in [-0.39, 0.29) is 60.4 Å². The summed E-state index contributed by atoms with van der Waals surface area (Å²) in [5.41, 5.74) is 5.02. The zero-order valence-corrected chi connectivity index (χ0v) is 34.9. The zero-order chi connectivity index (χ0) is 41.4. The number of aliphatic imine (C=N–C) groups is 2. The molecule has 0 aliphatic carbocycles. The third kappa shape index (κ3) is 8.03. The van der Waals surface area contributed by atoms with E-state index in [4.69, 9.17) is 0 Å². The minimum Gasteiger partial charge on any atom is -0.394 e. The van der Waals surface area contributed by atoms with Gasteiger partial charge in [0.25, 0.3) is 21.1 Å². The summed E-state index contributed by atoms with van der Waals surface area (Å²) in [6.07, 6.45) is 7.81. The maximum absolute atomic E-state index is 15.5. The smallest absolute Gasteiger partial charge is 0.278 e. The van der Waals surface area contributed by atoms with Crippen molar-refractivity contribution in [1.82, 2.24) is 14.5 Å². The number of halogens is 1. The number of anilines is 2. The molecule has 5 aliphatic rings. The number of piperidine rings is 1. The van der Waals surface area contributed by atoms with Crippen molar-refractivity contribution in [3.05, 3.63) is 77.1 Å². The van der Waals surface area contributed by atoms with Gasteiger partial charge in [0, 0.05) is 72.6 Å². The molecule has 13 nitrogen and oxygen atoms in total. The molecule has 3 amide bonds. The molecule has 2 unspecified atom stereocenters. The van der Waals surface area contributed by atoms with E-state index < -0.39 is 28.0 Å². The van der Waals surface area contributed by atoms with Crippen molar-refractivity contribution < 1.29 is 32.3 Å². The Balaban J connectivity index is 0.841. The van der Waals surface area contributed by atoms with Crippen molar-refractivity contribution in [1.29, 1.82) is 0 Å². The van der Waals surface area contributed by atoms with Crippen LogP contribution in [0.5, 0.6) is 0 Å². The quantitative estimate of drug-likeness (QED) is 0.104. The Labute approximate surface area is 348 Å². The van der Waals surface area contributed by atoms with E-state index in [1.165, 1.54) is 16.6 Å². The second-order valence-electron chi connectivity index (χ2n) is 16.0. The number of aliphatic hydroxyl groups is 1. The largest absolute Gasteiger partial charge is 0.394 e. The number of benzene rings is 3. The van der Waals surface area contributed by atoms with Gasteiger partial charge in [0.1, 0.15) is 11.9 Å². The zero-order valence-electron chi connectivity index (χ0n) is 33.3. The van der Waals surface area contributed by atoms with Gasteiger partial charge in [-0.05, 0) is 97.5 Å². The highest BCUT2D eigenvalue weighted by Crippen LogP contribution is 2.51. The Hall–Kier alpha value is -4.64. The topological polar surface area (TPSA) is 164 Å². The molecule has 5 aliphatic heterocycles. The number of likely N-dealkylation sites (N-methyl/N-ethyl adjacent to an activating group) is 1. The fourth-order valence-electron chi connectivity index (χ4n) is 9.22. The van der Waals surface area contributed by atoms with Crippen LogP contribution in [0.25, 0.3) is 11.1 Å². The molecule has 3 N–H and O–H groups in total. The molecule has 0 aromatic heterocycles. The molecule has 0 radical (unpaired) electrons. The van der Waals surface area contributed by atoms with Crippen LogP contribution in [0.15, 0.2) is 69.5 Å². The summed E-state index contributed by atoms with van der Waals surface area (Å²) in [4.78, 5) is 50.2. The second-order valence-corrected chi connectivity index (χ2v) is 18.9. The molecule has 0 spiro atoms. The number of aliphatic hydroxyl groups excluding tert-OH is 1. The normalized spacial score (nSPS) is 24.0. The van der Waals surface area contributed by atoms with Gasteiger partial charge in [0.2, 0.25) is 11.8 Å². The first-order valence-electron chi connectivity index (χ1n) is 20.5. The van der Waals surface area contributed by atoms with Crippen LogP contribution < -0.4 is 15.5 Å². The van der Waals surface area contributed by atoms with E-state index in [2.05, 4.69) is 20.6 Å². The maximum Gasteiger partial charge on any atom is 0.278 e. The van der Waals surface area contributed by atoms with E-state index in [1.807, 2.05) is 48.3 Å². The van der Waals surface area contributed by atoms with Crippen LogP contribution >= 0.6 is 11.8 Å². The van der Waals surface area contributed by atoms with E-state index in [9.17, 15) is 27.9 Å². The van der Waals surface area contributed by atoms with Crippen LogP contribution in [-0.4, -0.2) is 102 Å². The van der Waals surface area contributed by atoms with E-state index >= 15 is 4.39 Å². The first-order chi connectivity index (χ1) is 28.5. The summed E-state index contributed by atoms with van der Waals surface area (Å²) < 4.78 is 44.7. The van der Waals surface area contributed by atoms with Crippen molar-refractivity contribution in [2.45, 2.75) is 93.9 Å². The van der Waals surface area contributed by atoms with Crippen molar-refractivity contribution in [2.24, 2.45) is 15.9 Å². The van der Waals surface area contributed by atoms with Gasteiger partial charge in [-0.1, -0.05) is 31.4 Å². The lowest BCUT2D eigenvalue weighted by Gasteiger charge is -2.44. The minimum absolute atomic E-state index is 0.125. The molecule has 8 rings (SSSR count). The number of amides is 3. The molecular weight excluding hydrogens is 794 g/mol.